The molecule has 1 aliphatic rings. The van der Waals surface area contributed by atoms with Crippen LogP contribution in [0.3, 0.4) is 0 Å². The molecule has 0 spiro atoms. The van der Waals surface area contributed by atoms with Crippen molar-refractivity contribution in [2.24, 2.45) is 13.0 Å². The number of piperidine rings is 1. The van der Waals surface area contributed by atoms with Crippen molar-refractivity contribution in [1.29, 1.82) is 5.26 Å². The van der Waals surface area contributed by atoms with Gasteiger partial charge in [0.1, 0.15) is 0 Å². The summed E-state index contributed by atoms with van der Waals surface area (Å²) in [6.45, 7) is 0.0915. The summed E-state index contributed by atoms with van der Waals surface area (Å²) in [5, 5.41) is 9.00. The van der Waals surface area contributed by atoms with E-state index in [1.54, 1.807) is 35.9 Å². The van der Waals surface area contributed by atoms with Crippen molar-refractivity contribution in [1.82, 2.24) is 19.1 Å². The van der Waals surface area contributed by atoms with Gasteiger partial charge in [0.05, 0.1) is 29.6 Å². The predicted molar refractivity (Wildman–Crippen MR) is 99.8 cm³/mol. The number of hydrogen-bond donors (Lipinski definition) is 0. The average molecular weight is 402 g/mol. The van der Waals surface area contributed by atoms with E-state index < -0.39 is 17.7 Å². The Labute approximate surface area is 163 Å². The molecule has 1 atom stereocenters. The highest BCUT2D eigenvalue weighted by molar-refractivity contribution is 5.72. The van der Waals surface area contributed by atoms with Gasteiger partial charge in [-0.25, -0.2) is 9.55 Å². The van der Waals surface area contributed by atoms with Gasteiger partial charge in [0, 0.05) is 20.1 Å². The van der Waals surface area contributed by atoms with E-state index in [0.29, 0.717) is 29.9 Å². The molecule has 0 amide bonds. The summed E-state index contributed by atoms with van der Waals surface area (Å²) in [5.74, 6) is -1.34. The van der Waals surface area contributed by atoms with Gasteiger partial charge in [0.2, 0.25) is 5.95 Å². The number of rotatable bonds is 2. The number of nitriles is 1. The molecule has 2 aromatic heterocycles. The standard InChI is InChI=1S/C19H17F3N6O/c1-26-11-24-15-16(26)25-18(27-8-2-3-13(10-27)19(20,21)22)28(17(15)29)14-6-4-12(9-23)5-7-14/h4-7,11,13H,2-3,8,10H2,1H3. The quantitative estimate of drug-likeness (QED) is 0.659. The largest absolute Gasteiger partial charge is 0.393 e. The molecular formula is C19H17F3N6O. The van der Waals surface area contributed by atoms with Crippen molar-refractivity contribution in [3.8, 4) is 11.8 Å². The third-order valence-electron chi connectivity index (χ3n) is 5.14. The second kappa shape index (κ2) is 6.92. The molecule has 29 heavy (non-hydrogen) atoms. The molecule has 0 radical (unpaired) electrons. The smallest absolute Gasteiger partial charge is 0.341 e. The van der Waals surface area contributed by atoms with Crippen LogP contribution in [0, 0.1) is 17.2 Å². The molecule has 7 nitrogen and oxygen atoms in total. The van der Waals surface area contributed by atoms with E-state index in [0.717, 1.165) is 0 Å². The minimum atomic E-state index is -4.31. The Kier molecular flexibility index (Phi) is 4.53. The number of imidazole rings is 1. The van der Waals surface area contributed by atoms with Crippen LogP contribution in [0.1, 0.15) is 18.4 Å². The van der Waals surface area contributed by atoms with Gasteiger partial charge in [-0.3, -0.25) is 4.79 Å². The predicted octanol–water partition coefficient (Wildman–Crippen LogP) is 2.77. The topological polar surface area (TPSA) is 79.7 Å². The average Bonchev–Trinajstić information content (AvgIpc) is 3.09. The lowest BCUT2D eigenvalue weighted by atomic mass is 9.98. The lowest BCUT2D eigenvalue weighted by Gasteiger charge is -2.35. The molecule has 4 rings (SSSR count). The molecule has 3 aromatic rings. The maximum atomic E-state index is 13.3. The first-order chi connectivity index (χ1) is 13.8. The number of alkyl halides is 3. The van der Waals surface area contributed by atoms with Crippen LogP contribution in [-0.4, -0.2) is 38.4 Å². The van der Waals surface area contributed by atoms with Gasteiger partial charge in [0.25, 0.3) is 5.56 Å². The maximum Gasteiger partial charge on any atom is 0.393 e. The van der Waals surface area contributed by atoms with E-state index >= 15 is 0 Å². The summed E-state index contributed by atoms with van der Waals surface area (Å²) in [5.41, 5.74) is 0.793. The molecule has 3 heterocycles. The van der Waals surface area contributed by atoms with Gasteiger partial charge < -0.3 is 9.47 Å². The fourth-order valence-corrected chi connectivity index (χ4v) is 3.60. The Hall–Kier alpha value is -3.35. The fourth-order valence-electron chi connectivity index (χ4n) is 3.60. The van der Waals surface area contributed by atoms with E-state index in [2.05, 4.69) is 9.97 Å². The molecule has 1 saturated heterocycles. The molecule has 0 saturated carbocycles. The van der Waals surface area contributed by atoms with E-state index in [-0.39, 0.29) is 24.4 Å². The number of aryl methyl sites for hydroxylation is 1. The molecule has 0 N–H and O–H groups in total. The number of benzene rings is 1. The molecule has 10 heteroatoms. The van der Waals surface area contributed by atoms with Crippen molar-refractivity contribution >= 4 is 17.1 Å². The Morgan fingerprint density at radius 2 is 1.97 bits per heavy atom. The summed E-state index contributed by atoms with van der Waals surface area (Å²) < 4.78 is 42.8. The van der Waals surface area contributed by atoms with E-state index in [1.807, 2.05) is 6.07 Å². The van der Waals surface area contributed by atoms with E-state index in [1.165, 1.54) is 15.8 Å². The minimum absolute atomic E-state index is 0.0506. The fraction of sp³-hybridized carbons (Fsp3) is 0.368. The number of nitrogens with zero attached hydrogens (tertiary/aromatic N) is 6. The van der Waals surface area contributed by atoms with Crippen molar-refractivity contribution in [2.75, 3.05) is 18.0 Å². The third-order valence-corrected chi connectivity index (χ3v) is 5.14. The number of halogens is 3. The number of anilines is 1. The highest BCUT2D eigenvalue weighted by Crippen LogP contribution is 2.34. The van der Waals surface area contributed by atoms with Gasteiger partial charge >= 0.3 is 6.18 Å². The Morgan fingerprint density at radius 3 is 2.62 bits per heavy atom. The Balaban J connectivity index is 1.90. The van der Waals surface area contributed by atoms with E-state index in [4.69, 9.17) is 5.26 Å². The highest BCUT2D eigenvalue weighted by Gasteiger charge is 2.42. The maximum absolute atomic E-state index is 13.3. The number of aromatic nitrogens is 4. The van der Waals surface area contributed by atoms with Crippen LogP contribution < -0.4 is 10.5 Å². The van der Waals surface area contributed by atoms with Crippen LogP contribution in [0.4, 0.5) is 19.1 Å². The molecule has 0 bridgehead atoms. The third kappa shape index (κ3) is 3.33. The number of fused-ring (bicyclic) bond motifs is 1. The minimum Gasteiger partial charge on any atom is -0.341 e. The second-order valence-electron chi connectivity index (χ2n) is 7.07. The summed E-state index contributed by atoms with van der Waals surface area (Å²) in [6.07, 6.45) is -2.47. The highest BCUT2D eigenvalue weighted by atomic mass is 19.4. The van der Waals surface area contributed by atoms with Gasteiger partial charge in [-0.15, -0.1) is 0 Å². The zero-order valence-corrected chi connectivity index (χ0v) is 15.5. The Morgan fingerprint density at radius 1 is 1.24 bits per heavy atom. The zero-order chi connectivity index (χ0) is 20.8. The molecule has 1 fully saturated rings. The monoisotopic (exact) mass is 402 g/mol. The lowest BCUT2D eigenvalue weighted by Crippen LogP contribution is -2.44. The van der Waals surface area contributed by atoms with Crippen molar-refractivity contribution in [2.45, 2.75) is 19.0 Å². The van der Waals surface area contributed by atoms with Crippen LogP contribution >= 0.6 is 0 Å². The van der Waals surface area contributed by atoms with Crippen molar-refractivity contribution in [3.05, 3.63) is 46.5 Å². The van der Waals surface area contributed by atoms with Crippen molar-refractivity contribution in [3.63, 3.8) is 0 Å². The van der Waals surface area contributed by atoms with E-state index in [9.17, 15) is 18.0 Å². The lowest BCUT2D eigenvalue weighted by molar-refractivity contribution is -0.176. The number of hydrogen-bond acceptors (Lipinski definition) is 5. The van der Waals surface area contributed by atoms with Crippen LogP contribution in [0.5, 0.6) is 0 Å². The van der Waals surface area contributed by atoms with Gasteiger partial charge in [-0.05, 0) is 37.1 Å². The van der Waals surface area contributed by atoms with Crippen LogP contribution in [0.2, 0.25) is 0 Å². The van der Waals surface area contributed by atoms with Crippen molar-refractivity contribution < 1.29 is 13.2 Å². The molecule has 0 aliphatic carbocycles. The van der Waals surface area contributed by atoms with Crippen LogP contribution in [0.25, 0.3) is 16.9 Å². The SMILES string of the molecule is Cn1cnc2c(=O)n(-c3ccc(C#N)cc3)c(N3CCCC(C(F)(F)F)C3)nc21. The molecule has 1 aromatic carbocycles. The normalized spacial score (nSPS) is 17.5. The Bertz CT molecular complexity index is 1160. The summed E-state index contributed by atoms with van der Waals surface area (Å²) in [4.78, 5) is 23.3. The first-order valence-corrected chi connectivity index (χ1v) is 9.06. The molecule has 1 unspecified atom stereocenters. The van der Waals surface area contributed by atoms with Crippen LogP contribution in [-0.2, 0) is 7.05 Å². The second-order valence-corrected chi connectivity index (χ2v) is 7.07. The zero-order valence-electron chi connectivity index (χ0n) is 15.5. The van der Waals surface area contributed by atoms with Crippen LogP contribution in [0.15, 0.2) is 35.4 Å². The van der Waals surface area contributed by atoms with Gasteiger partial charge in [-0.1, -0.05) is 0 Å². The summed E-state index contributed by atoms with van der Waals surface area (Å²) in [7, 11) is 1.67. The first kappa shape index (κ1) is 19.0. The van der Waals surface area contributed by atoms with Gasteiger partial charge in [-0.2, -0.15) is 23.4 Å². The molecule has 150 valence electrons. The van der Waals surface area contributed by atoms with Gasteiger partial charge in [0.15, 0.2) is 11.2 Å². The first-order valence-electron chi connectivity index (χ1n) is 9.06. The molecular weight excluding hydrogens is 385 g/mol. The summed E-state index contributed by atoms with van der Waals surface area (Å²) >= 11 is 0. The molecule has 1 aliphatic heterocycles. The summed E-state index contributed by atoms with van der Waals surface area (Å²) in [6, 6.07) is 8.24.